The van der Waals surface area contributed by atoms with Gasteiger partial charge in [0.15, 0.2) is 5.82 Å². The maximum absolute atomic E-state index is 4.88. The van der Waals surface area contributed by atoms with Crippen molar-refractivity contribution in [2.75, 3.05) is 26.2 Å². The summed E-state index contributed by atoms with van der Waals surface area (Å²) in [7, 11) is 0. The van der Waals surface area contributed by atoms with Crippen molar-refractivity contribution in [2.24, 2.45) is 5.92 Å². The number of likely N-dealkylation sites (tertiary alicyclic amines) is 1. The van der Waals surface area contributed by atoms with Crippen LogP contribution in [0.1, 0.15) is 74.4 Å². The van der Waals surface area contributed by atoms with Crippen LogP contribution in [0, 0.1) is 12.8 Å². The van der Waals surface area contributed by atoms with Gasteiger partial charge in [-0.3, -0.25) is 0 Å². The minimum absolute atomic E-state index is 0.675. The first-order chi connectivity index (χ1) is 14.8. The van der Waals surface area contributed by atoms with Crippen LogP contribution >= 0.6 is 0 Å². The van der Waals surface area contributed by atoms with E-state index in [1.165, 1.54) is 81.7 Å². The molecule has 2 aliphatic carbocycles. The van der Waals surface area contributed by atoms with Crippen molar-refractivity contribution in [3.63, 3.8) is 0 Å². The fourth-order valence-corrected chi connectivity index (χ4v) is 5.43. The molecule has 3 heterocycles. The standard InChI is InChI=1S/C25H37N5/c1-18-24(20-11-12-20)29-25(27-18)23-10-4-6-21(28-23)7-5-14-26-16-19-13-15-30(17-19)22-8-2-3-9-22/h4,6,10,19-20,22,26H,2-3,5,7-9,11-17H2,1H3,(H,27,29)/t19-/m0/s1. The molecule has 2 saturated carbocycles. The Labute approximate surface area is 181 Å². The number of aryl methyl sites for hydroxylation is 2. The van der Waals surface area contributed by atoms with Gasteiger partial charge in [0.1, 0.15) is 5.69 Å². The lowest BCUT2D eigenvalue weighted by Crippen LogP contribution is -2.32. The van der Waals surface area contributed by atoms with E-state index >= 15 is 0 Å². The zero-order valence-electron chi connectivity index (χ0n) is 18.5. The van der Waals surface area contributed by atoms with Gasteiger partial charge in [0.2, 0.25) is 0 Å². The Morgan fingerprint density at radius 2 is 1.97 bits per heavy atom. The van der Waals surface area contributed by atoms with Gasteiger partial charge in [-0.1, -0.05) is 18.9 Å². The molecule has 5 nitrogen and oxygen atoms in total. The van der Waals surface area contributed by atoms with E-state index in [0.29, 0.717) is 5.92 Å². The average molecular weight is 408 g/mol. The molecular weight excluding hydrogens is 370 g/mol. The number of rotatable bonds is 9. The first-order valence-electron chi connectivity index (χ1n) is 12.2. The van der Waals surface area contributed by atoms with Gasteiger partial charge in [0, 0.05) is 29.9 Å². The quantitative estimate of drug-likeness (QED) is 0.603. The highest BCUT2D eigenvalue weighted by atomic mass is 15.2. The van der Waals surface area contributed by atoms with Crippen LogP contribution in [0.2, 0.25) is 0 Å². The molecule has 2 aromatic heterocycles. The maximum atomic E-state index is 4.88. The lowest BCUT2D eigenvalue weighted by Gasteiger charge is -2.23. The highest BCUT2D eigenvalue weighted by Gasteiger charge is 2.30. The Kier molecular flexibility index (Phi) is 6.19. The molecule has 0 spiro atoms. The van der Waals surface area contributed by atoms with Gasteiger partial charge in [-0.15, -0.1) is 0 Å². The zero-order valence-corrected chi connectivity index (χ0v) is 18.5. The SMILES string of the molecule is Cc1[nH]c(-c2cccc(CCCNC[C@@H]3CCN(C4CCCC4)C3)n2)nc1C1CC1. The summed E-state index contributed by atoms with van der Waals surface area (Å²) in [6, 6.07) is 7.24. The summed E-state index contributed by atoms with van der Waals surface area (Å²) in [5.74, 6) is 2.45. The molecule has 0 aromatic carbocycles. The van der Waals surface area contributed by atoms with Gasteiger partial charge in [0.05, 0.1) is 5.69 Å². The summed E-state index contributed by atoms with van der Waals surface area (Å²) < 4.78 is 0. The van der Waals surface area contributed by atoms with Crippen LogP contribution in [0.3, 0.4) is 0 Å². The third-order valence-electron chi connectivity index (χ3n) is 7.31. The Hall–Kier alpha value is -1.72. The number of nitrogens with one attached hydrogen (secondary N) is 2. The predicted molar refractivity (Wildman–Crippen MR) is 122 cm³/mol. The van der Waals surface area contributed by atoms with Crippen LogP contribution < -0.4 is 5.32 Å². The summed E-state index contributed by atoms with van der Waals surface area (Å²) >= 11 is 0. The number of aromatic amines is 1. The molecule has 1 saturated heterocycles. The van der Waals surface area contributed by atoms with Gasteiger partial charge >= 0.3 is 0 Å². The van der Waals surface area contributed by atoms with Gasteiger partial charge in [-0.05, 0) is 89.6 Å². The van der Waals surface area contributed by atoms with Gasteiger partial charge < -0.3 is 15.2 Å². The number of pyridine rings is 1. The van der Waals surface area contributed by atoms with E-state index < -0.39 is 0 Å². The van der Waals surface area contributed by atoms with Crippen molar-refractivity contribution in [2.45, 2.75) is 76.7 Å². The molecule has 3 fully saturated rings. The summed E-state index contributed by atoms with van der Waals surface area (Å²) in [4.78, 5) is 15.9. The molecule has 0 unspecified atom stereocenters. The average Bonchev–Trinajstić information content (AvgIpc) is 3.14. The minimum atomic E-state index is 0.675. The number of nitrogens with zero attached hydrogens (tertiary/aromatic N) is 3. The molecule has 2 aromatic rings. The Balaban J connectivity index is 1.05. The molecule has 0 radical (unpaired) electrons. The summed E-state index contributed by atoms with van der Waals surface area (Å²) in [6.45, 7) is 7.02. The summed E-state index contributed by atoms with van der Waals surface area (Å²) in [6.07, 6.45) is 11.9. The topological polar surface area (TPSA) is 56.8 Å². The van der Waals surface area contributed by atoms with E-state index in [0.717, 1.165) is 42.9 Å². The van der Waals surface area contributed by atoms with Crippen molar-refractivity contribution in [3.05, 3.63) is 35.3 Å². The molecule has 1 aliphatic heterocycles. The summed E-state index contributed by atoms with van der Waals surface area (Å²) in [5, 5.41) is 3.71. The normalized spacial score (nSPS) is 22.9. The molecular formula is C25H37N5. The van der Waals surface area contributed by atoms with Gasteiger partial charge in [-0.2, -0.15) is 0 Å². The highest BCUT2D eigenvalue weighted by Crippen LogP contribution is 2.41. The third kappa shape index (κ3) is 4.78. The zero-order chi connectivity index (χ0) is 20.3. The first-order valence-corrected chi connectivity index (χ1v) is 12.2. The van der Waals surface area contributed by atoms with E-state index in [1.807, 2.05) is 0 Å². The number of hydrogen-bond acceptors (Lipinski definition) is 4. The fourth-order valence-electron chi connectivity index (χ4n) is 5.43. The number of imidazole rings is 1. The molecule has 162 valence electrons. The van der Waals surface area contributed by atoms with Crippen molar-refractivity contribution in [1.82, 2.24) is 25.2 Å². The van der Waals surface area contributed by atoms with Crippen LogP contribution in [0.5, 0.6) is 0 Å². The molecule has 3 aliphatic rings. The molecule has 0 amide bonds. The Morgan fingerprint density at radius 3 is 2.80 bits per heavy atom. The maximum Gasteiger partial charge on any atom is 0.156 e. The molecule has 5 rings (SSSR count). The van der Waals surface area contributed by atoms with Gasteiger partial charge in [-0.25, -0.2) is 9.97 Å². The van der Waals surface area contributed by atoms with E-state index in [9.17, 15) is 0 Å². The number of hydrogen-bond donors (Lipinski definition) is 2. The second-order valence-electron chi connectivity index (χ2n) is 9.78. The predicted octanol–water partition coefficient (Wildman–Crippen LogP) is 4.44. The summed E-state index contributed by atoms with van der Waals surface area (Å²) in [5.41, 5.74) is 4.61. The lowest BCUT2D eigenvalue weighted by atomic mass is 10.1. The number of H-pyrrole nitrogens is 1. The van der Waals surface area contributed by atoms with Crippen LogP contribution in [0.4, 0.5) is 0 Å². The molecule has 2 N–H and O–H groups in total. The second-order valence-corrected chi connectivity index (χ2v) is 9.78. The lowest BCUT2D eigenvalue weighted by molar-refractivity contribution is 0.236. The fraction of sp³-hybridized carbons (Fsp3) is 0.680. The highest BCUT2D eigenvalue weighted by molar-refractivity contribution is 5.51. The van der Waals surface area contributed by atoms with E-state index in [4.69, 9.17) is 9.97 Å². The largest absolute Gasteiger partial charge is 0.341 e. The smallest absolute Gasteiger partial charge is 0.156 e. The molecule has 1 atom stereocenters. The number of aromatic nitrogens is 3. The molecule has 30 heavy (non-hydrogen) atoms. The first kappa shape index (κ1) is 20.2. The van der Waals surface area contributed by atoms with Crippen molar-refractivity contribution in [1.29, 1.82) is 0 Å². The van der Waals surface area contributed by atoms with E-state index in [1.54, 1.807) is 0 Å². The van der Waals surface area contributed by atoms with Crippen LogP contribution in [-0.4, -0.2) is 52.1 Å². The third-order valence-corrected chi connectivity index (χ3v) is 7.31. The van der Waals surface area contributed by atoms with E-state index in [2.05, 4.69) is 40.3 Å². The van der Waals surface area contributed by atoms with Crippen LogP contribution in [-0.2, 0) is 6.42 Å². The van der Waals surface area contributed by atoms with E-state index in [-0.39, 0.29) is 0 Å². The second kappa shape index (κ2) is 9.19. The van der Waals surface area contributed by atoms with Crippen molar-refractivity contribution < 1.29 is 0 Å². The Morgan fingerprint density at radius 1 is 1.10 bits per heavy atom. The Bertz CT molecular complexity index is 834. The van der Waals surface area contributed by atoms with Crippen molar-refractivity contribution >= 4 is 0 Å². The van der Waals surface area contributed by atoms with Crippen molar-refractivity contribution in [3.8, 4) is 11.5 Å². The van der Waals surface area contributed by atoms with Crippen LogP contribution in [0.25, 0.3) is 11.5 Å². The van der Waals surface area contributed by atoms with Gasteiger partial charge in [0.25, 0.3) is 0 Å². The molecule has 0 bridgehead atoms. The minimum Gasteiger partial charge on any atom is -0.341 e. The van der Waals surface area contributed by atoms with Crippen LogP contribution in [0.15, 0.2) is 18.2 Å². The monoisotopic (exact) mass is 407 g/mol. The molecule has 5 heteroatoms.